The molecule has 1 aliphatic heterocycles. The van der Waals surface area contributed by atoms with Crippen molar-refractivity contribution in [3.63, 3.8) is 0 Å². The lowest BCUT2D eigenvalue weighted by molar-refractivity contribution is 0.0692. The minimum Gasteiger partial charge on any atom is -0.497 e. The van der Waals surface area contributed by atoms with Crippen molar-refractivity contribution in [3.8, 4) is 22.9 Å². The van der Waals surface area contributed by atoms with Crippen LogP contribution < -0.4 is 9.47 Å². The lowest BCUT2D eigenvalue weighted by atomic mass is 9.97. The molecule has 0 unspecified atom stereocenters. The van der Waals surface area contributed by atoms with Crippen molar-refractivity contribution in [1.82, 2.24) is 15.0 Å². The minimum absolute atomic E-state index is 0.00753. The molecule has 1 fully saturated rings. The van der Waals surface area contributed by atoms with Crippen LogP contribution in [0.2, 0.25) is 0 Å². The van der Waals surface area contributed by atoms with Gasteiger partial charge in [-0.1, -0.05) is 43.3 Å². The Morgan fingerprint density at radius 1 is 1.12 bits per heavy atom. The molecule has 1 amide bonds. The van der Waals surface area contributed by atoms with Gasteiger partial charge in [0.2, 0.25) is 11.7 Å². The van der Waals surface area contributed by atoms with E-state index in [1.165, 1.54) is 5.56 Å². The molecule has 0 saturated carbocycles. The van der Waals surface area contributed by atoms with Crippen LogP contribution >= 0.6 is 0 Å². The number of carbonyl (C=O) groups is 1. The average Bonchev–Trinajstić information content (AvgIpc) is 3.33. The van der Waals surface area contributed by atoms with Gasteiger partial charge in [-0.3, -0.25) is 4.79 Å². The van der Waals surface area contributed by atoms with E-state index in [9.17, 15) is 4.79 Å². The molecule has 7 nitrogen and oxygen atoms in total. The van der Waals surface area contributed by atoms with Gasteiger partial charge in [-0.05, 0) is 36.5 Å². The smallest absolute Gasteiger partial charge is 0.257 e. The van der Waals surface area contributed by atoms with E-state index >= 15 is 0 Å². The molecule has 7 heteroatoms. The van der Waals surface area contributed by atoms with E-state index in [2.05, 4.69) is 36.1 Å². The van der Waals surface area contributed by atoms with E-state index in [0.717, 1.165) is 18.4 Å². The van der Waals surface area contributed by atoms with Crippen molar-refractivity contribution in [3.05, 3.63) is 59.5 Å². The summed E-state index contributed by atoms with van der Waals surface area (Å²) >= 11 is 0. The first kappa shape index (κ1) is 21.9. The number of likely N-dealkylation sites (tertiary alicyclic amines) is 1. The van der Waals surface area contributed by atoms with Gasteiger partial charge in [0, 0.05) is 24.7 Å². The van der Waals surface area contributed by atoms with Crippen molar-refractivity contribution in [2.45, 2.75) is 38.5 Å². The van der Waals surface area contributed by atoms with Crippen LogP contribution in [0.4, 0.5) is 0 Å². The summed E-state index contributed by atoms with van der Waals surface area (Å²) in [6, 6.07) is 13.5. The summed E-state index contributed by atoms with van der Waals surface area (Å²) in [4.78, 5) is 19.7. The highest BCUT2D eigenvalue weighted by Gasteiger charge is 2.30. The molecule has 2 heterocycles. The van der Waals surface area contributed by atoms with E-state index in [4.69, 9.17) is 14.0 Å². The molecule has 0 bridgehead atoms. The maximum atomic E-state index is 13.2. The first-order valence-corrected chi connectivity index (χ1v) is 11.0. The number of benzene rings is 2. The number of rotatable bonds is 6. The summed E-state index contributed by atoms with van der Waals surface area (Å²) in [7, 11) is 3.14. The zero-order chi connectivity index (χ0) is 22.7. The topological polar surface area (TPSA) is 77.7 Å². The Bertz CT molecular complexity index is 1080. The van der Waals surface area contributed by atoms with Gasteiger partial charge in [-0.15, -0.1) is 0 Å². The van der Waals surface area contributed by atoms with E-state index < -0.39 is 0 Å². The number of nitrogens with zero attached hydrogens (tertiary/aromatic N) is 3. The third kappa shape index (κ3) is 4.47. The van der Waals surface area contributed by atoms with Crippen molar-refractivity contribution in [2.75, 3.05) is 27.3 Å². The maximum Gasteiger partial charge on any atom is 0.257 e. The summed E-state index contributed by atoms with van der Waals surface area (Å²) in [6.07, 6.45) is 1.77. The Morgan fingerprint density at radius 3 is 2.59 bits per heavy atom. The number of piperidine rings is 1. The van der Waals surface area contributed by atoms with Gasteiger partial charge in [0.15, 0.2) is 0 Å². The Morgan fingerprint density at radius 2 is 1.91 bits per heavy atom. The Labute approximate surface area is 188 Å². The van der Waals surface area contributed by atoms with Crippen molar-refractivity contribution in [1.29, 1.82) is 0 Å². The van der Waals surface area contributed by atoms with Crippen LogP contribution in [0, 0.1) is 0 Å². The summed E-state index contributed by atoms with van der Waals surface area (Å²) in [6.45, 7) is 5.54. The highest BCUT2D eigenvalue weighted by atomic mass is 16.5. The molecule has 3 aromatic rings. The Kier molecular flexibility index (Phi) is 6.44. The first-order valence-electron chi connectivity index (χ1n) is 11.0. The lowest BCUT2D eigenvalue weighted by Crippen LogP contribution is -2.39. The molecule has 0 radical (unpaired) electrons. The largest absolute Gasteiger partial charge is 0.497 e. The molecule has 1 saturated heterocycles. The second-order valence-electron chi connectivity index (χ2n) is 8.39. The van der Waals surface area contributed by atoms with Crippen LogP contribution in [0.15, 0.2) is 47.0 Å². The van der Waals surface area contributed by atoms with E-state index in [0.29, 0.717) is 47.8 Å². The molecule has 32 heavy (non-hydrogen) atoms. The normalized spacial score (nSPS) is 16.3. The Balaban J connectivity index is 1.49. The highest BCUT2D eigenvalue weighted by Crippen LogP contribution is 2.31. The van der Waals surface area contributed by atoms with Gasteiger partial charge in [0.25, 0.3) is 5.91 Å². The number of hydrogen-bond acceptors (Lipinski definition) is 6. The quantitative estimate of drug-likeness (QED) is 0.548. The fourth-order valence-electron chi connectivity index (χ4n) is 4.04. The van der Waals surface area contributed by atoms with E-state index in [1.807, 2.05) is 17.0 Å². The summed E-state index contributed by atoms with van der Waals surface area (Å²) in [5, 5.41) is 4.19. The summed E-state index contributed by atoms with van der Waals surface area (Å²) in [5.41, 5.74) is 2.72. The number of ether oxygens (including phenoxy) is 2. The van der Waals surface area contributed by atoms with Crippen molar-refractivity contribution < 1.29 is 18.8 Å². The minimum atomic E-state index is -0.0711. The third-order valence-corrected chi connectivity index (χ3v) is 5.97. The number of amides is 1. The molecule has 1 aliphatic rings. The number of methoxy groups -OCH3 is 2. The Hall–Kier alpha value is -3.35. The van der Waals surface area contributed by atoms with E-state index in [-0.39, 0.29) is 11.8 Å². The third-order valence-electron chi connectivity index (χ3n) is 5.97. The molecule has 1 atom stereocenters. The molecule has 0 N–H and O–H groups in total. The zero-order valence-electron chi connectivity index (χ0n) is 19.0. The van der Waals surface area contributed by atoms with Crippen molar-refractivity contribution >= 4 is 5.91 Å². The second kappa shape index (κ2) is 9.42. The molecule has 2 aromatic carbocycles. The molecule has 4 rings (SSSR count). The van der Waals surface area contributed by atoms with Crippen LogP contribution in [0.1, 0.15) is 60.3 Å². The van der Waals surface area contributed by atoms with Gasteiger partial charge in [-0.2, -0.15) is 4.98 Å². The lowest BCUT2D eigenvalue weighted by Gasteiger charge is -2.31. The standard InChI is InChI=1S/C25H29N3O4/c1-16(2)17-7-9-18(10-8-17)23-26-24(32-27-23)19-6-5-13-28(15-19)25(29)21-12-11-20(30-3)14-22(21)31-4/h7-12,14,16,19H,5-6,13,15H2,1-4H3/t19-/m1/s1. The molecule has 168 valence electrons. The first-order chi connectivity index (χ1) is 15.5. The molecule has 0 aliphatic carbocycles. The highest BCUT2D eigenvalue weighted by molar-refractivity contribution is 5.97. The molecular weight excluding hydrogens is 406 g/mol. The monoisotopic (exact) mass is 435 g/mol. The van der Waals surface area contributed by atoms with Gasteiger partial charge in [0.1, 0.15) is 11.5 Å². The number of carbonyl (C=O) groups excluding carboxylic acids is 1. The van der Waals surface area contributed by atoms with Crippen LogP contribution in [-0.2, 0) is 0 Å². The fraction of sp³-hybridized carbons (Fsp3) is 0.400. The predicted molar refractivity (Wildman–Crippen MR) is 121 cm³/mol. The van der Waals surface area contributed by atoms with Crippen LogP contribution in [-0.4, -0.2) is 48.3 Å². The fourth-order valence-corrected chi connectivity index (χ4v) is 4.04. The zero-order valence-corrected chi connectivity index (χ0v) is 19.0. The predicted octanol–water partition coefficient (Wildman–Crippen LogP) is 4.90. The summed E-state index contributed by atoms with van der Waals surface area (Å²) < 4.78 is 16.3. The molecular formula is C25H29N3O4. The number of hydrogen-bond donors (Lipinski definition) is 0. The van der Waals surface area contributed by atoms with Crippen LogP contribution in [0.3, 0.4) is 0 Å². The second-order valence-corrected chi connectivity index (χ2v) is 8.39. The maximum absolute atomic E-state index is 13.2. The number of aromatic nitrogens is 2. The van der Waals surface area contributed by atoms with E-state index in [1.54, 1.807) is 32.4 Å². The summed E-state index contributed by atoms with van der Waals surface area (Å²) in [5.74, 6) is 2.71. The van der Waals surface area contributed by atoms with Gasteiger partial charge in [0.05, 0.1) is 25.7 Å². The average molecular weight is 436 g/mol. The van der Waals surface area contributed by atoms with Gasteiger partial charge >= 0.3 is 0 Å². The van der Waals surface area contributed by atoms with Crippen LogP contribution in [0.25, 0.3) is 11.4 Å². The van der Waals surface area contributed by atoms with Gasteiger partial charge in [-0.25, -0.2) is 0 Å². The SMILES string of the molecule is COc1ccc(C(=O)N2CCC[C@@H](c3nc(-c4ccc(C(C)C)cc4)no3)C2)c(OC)c1. The van der Waals surface area contributed by atoms with Crippen LogP contribution in [0.5, 0.6) is 11.5 Å². The van der Waals surface area contributed by atoms with Crippen molar-refractivity contribution in [2.24, 2.45) is 0 Å². The van der Waals surface area contributed by atoms with Gasteiger partial charge < -0.3 is 18.9 Å². The molecule has 1 aromatic heterocycles. The molecule has 0 spiro atoms.